The van der Waals surface area contributed by atoms with Crippen molar-refractivity contribution < 1.29 is 22.0 Å². The number of fused-ring (bicyclic) bond motifs is 1. The van der Waals surface area contributed by atoms with E-state index in [1.165, 1.54) is 29.4 Å². The maximum Gasteiger partial charge on any atom is 0.275 e. The van der Waals surface area contributed by atoms with Gasteiger partial charge in [-0.15, -0.1) is 0 Å². The number of benzene rings is 1. The fourth-order valence-corrected chi connectivity index (χ4v) is 4.94. The summed E-state index contributed by atoms with van der Waals surface area (Å²) in [6.07, 6.45) is 1.92. The topological polar surface area (TPSA) is 80.2 Å². The molecule has 0 saturated carbocycles. The van der Waals surface area contributed by atoms with Crippen molar-refractivity contribution in [1.29, 1.82) is 0 Å². The molecule has 0 saturated heterocycles. The smallest absolute Gasteiger partial charge is 0.275 e. The van der Waals surface area contributed by atoms with Gasteiger partial charge in [0.15, 0.2) is 9.84 Å². The van der Waals surface area contributed by atoms with E-state index in [2.05, 4.69) is 9.97 Å². The normalized spacial score (nSPS) is 17.2. The van der Waals surface area contributed by atoms with E-state index in [9.17, 15) is 22.0 Å². The average molecular weight is 409 g/mol. The van der Waals surface area contributed by atoms with Gasteiger partial charge in [0.25, 0.3) is 11.8 Å². The second kappa shape index (κ2) is 7.20. The van der Waals surface area contributed by atoms with Crippen LogP contribution in [0.15, 0.2) is 35.5 Å². The Kier molecular flexibility index (Phi) is 5.22. The quantitative estimate of drug-likeness (QED) is 0.774. The summed E-state index contributed by atoms with van der Waals surface area (Å²) in [5, 5.41) is 0. The van der Waals surface area contributed by atoms with Gasteiger partial charge in [0.2, 0.25) is 0 Å². The van der Waals surface area contributed by atoms with Crippen molar-refractivity contribution in [1.82, 2.24) is 9.97 Å². The van der Waals surface area contributed by atoms with Gasteiger partial charge in [-0.1, -0.05) is 26.0 Å². The van der Waals surface area contributed by atoms with E-state index in [-0.39, 0.29) is 23.7 Å². The number of aromatic nitrogens is 2. The van der Waals surface area contributed by atoms with E-state index in [1.807, 2.05) is 13.8 Å². The number of alkyl halides is 2. The third kappa shape index (κ3) is 3.76. The van der Waals surface area contributed by atoms with Crippen LogP contribution in [-0.2, 0) is 15.8 Å². The second-order valence-electron chi connectivity index (χ2n) is 7.26. The minimum absolute atomic E-state index is 0.0297. The molecule has 1 aromatic carbocycles. The van der Waals surface area contributed by atoms with Crippen LogP contribution in [0.25, 0.3) is 0 Å². The zero-order valence-corrected chi connectivity index (χ0v) is 16.6. The van der Waals surface area contributed by atoms with Gasteiger partial charge in [-0.3, -0.25) is 4.79 Å². The molecule has 0 radical (unpaired) electrons. The first-order valence-electron chi connectivity index (χ1n) is 8.87. The molecule has 0 aliphatic carbocycles. The average Bonchev–Trinajstić information content (AvgIpc) is 2.63. The van der Waals surface area contributed by atoms with Crippen LogP contribution in [0.2, 0.25) is 0 Å². The summed E-state index contributed by atoms with van der Waals surface area (Å²) in [7, 11) is -3.95. The van der Waals surface area contributed by atoms with Crippen LogP contribution in [0.4, 0.5) is 14.5 Å². The number of rotatable bonds is 4. The first kappa shape index (κ1) is 20.3. The van der Waals surface area contributed by atoms with E-state index >= 15 is 0 Å². The Morgan fingerprint density at radius 2 is 1.89 bits per heavy atom. The maximum atomic E-state index is 14.4. The molecule has 1 amide bonds. The molecule has 2 heterocycles. The number of nitrogens with zero attached hydrogens (tertiary/aromatic N) is 3. The minimum Gasteiger partial charge on any atom is -0.307 e. The van der Waals surface area contributed by atoms with Crippen LogP contribution in [0.5, 0.6) is 0 Å². The highest BCUT2D eigenvalue weighted by Gasteiger charge is 2.45. The molecule has 0 bridgehead atoms. The maximum absolute atomic E-state index is 14.4. The molecule has 9 heteroatoms. The SMILES string of the molecule is Cc1ncc(C(=O)N(CC(C)C)c2cccc3c2S(=O)(=O)CCC3(F)F)cn1. The van der Waals surface area contributed by atoms with Crippen molar-refractivity contribution in [2.45, 2.75) is 38.0 Å². The van der Waals surface area contributed by atoms with Crippen molar-refractivity contribution in [3.8, 4) is 0 Å². The predicted octanol–water partition coefficient (Wildman–Crippen LogP) is 3.36. The molecule has 3 rings (SSSR count). The van der Waals surface area contributed by atoms with E-state index in [0.717, 1.165) is 6.07 Å². The summed E-state index contributed by atoms with van der Waals surface area (Å²) in [5.74, 6) is -4.02. The number of sulfone groups is 1. The summed E-state index contributed by atoms with van der Waals surface area (Å²) in [4.78, 5) is 21.9. The molecule has 0 spiro atoms. The van der Waals surface area contributed by atoms with Gasteiger partial charge in [-0.2, -0.15) is 0 Å². The summed E-state index contributed by atoms with van der Waals surface area (Å²) >= 11 is 0. The molecule has 1 aliphatic rings. The molecule has 0 atom stereocenters. The Balaban J connectivity index is 2.20. The third-order valence-corrected chi connectivity index (χ3v) is 6.29. The lowest BCUT2D eigenvalue weighted by Gasteiger charge is -2.31. The number of anilines is 1. The number of halogens is 2. The van der Waals surface area contributed by atoms with Crippen molar-refractivity contribution in [2.24, 2.45) is 5.92 Å². The van der Waals surface area contributed by atoms with Crippen molar-refractivity contribution in [3.63, 3.8) is 0 Å². The number of hydrogen-bond donors (Lipinski definition) is 0. The Hall–Kier alpha value is -2.42. The number of carbonyl (C=O) groups excluding carboxylic acids is 1. The number of amides is 1. The Morgan fingerprint density at radius 3 is 2.50 bits per heavy atom. The van der Waals surface area contributed by atoms with Gasteiger partial charge in [0.05, 0.1) is 21.9 Å². The Morgan fingerprint density at radius 1 is 1.25 bits per heavy atom. The van der Waals surface area contributed by atoms with E-state index < -0.39 is 44.3 Å². The molecule has 0 unspecified atom stereocenters. The summed E-state index contributed by atoms with van der Waals surface area (Å²) in [6.45, 7) is 5.53. The molecule has 6 nitrogen and oxygen atoms in total. The minimum atomic E-state index is -3.95. The summed E-state index contributed by atoms with van der Waals surface area (Å²) in [5.41, 5.74) is -0.432. The monoisotopic (exact) mass is 409 g/mol. The predicted molar refractivity (Wildman–Crippen MR) is 100 cm³/mol. The lowest BCUT2D eigenvalue weighted by atomic mass is 10.0. The molecule has 0 fully saturated rings. The van der Waals surface area contributed by atoms with Crippen LogP contribution in [0.3, 0.4) is 0 Å². The summed E-state index contributed by atoms with van der Waals surface area (Å²) in [6, 6.07) is 3.87. The first-order valence-corrected chi connectivity index (χ1v) is 10.5. The highest BCUT2D eigenvalue weighted by atomic mass is 32.2. The third-order valence-electron chi connectivity index (χ3n) is 4.50. The van der Waals surface area contributed by atoms with E-state index in [1.54, 1.807) is 6.92 Å². The largest absolute Gasteiger partial charge is 0.307 e. The lowest BCUT2D eigenvalue weighted by molar-refractivity contribution is -0.0126. The highest BCUT2D eigenvalue weighted by molar-refractivity contribution is 7.91. The van der Waals surface area contributed by atoms with Crippen LogP contribution in [0.1, 0.15) is 42.0 Å². The molecule has 2 aromatic rings. The number of hydrogen-bond acceptors (Lipinski definition) is 5. The number of aryl methyl sites for hydroxylation is 1. The molecule has 150 valence electrons. The number of carbonyl (C=O) groups is 1. The molecule has 0 N–H and O–H groups in total. The van der Waals surface area contributed by atoms with Crippen LogP contribution in [0, 0.1) is 12.8 Å². The van der Waals surface area contributed by atoms with E-state index in [0.29, 0.717) is 5.82 Å². The van der Waals surface area contributed by atoms with Crippen molar-refractivity contribution >= 4 is 21.4 Å². The molecule has 28 heavy (non-hydrogen) atoms. The van der Waals surface area contributed by atoms with Crippen LogP contribution in [-0.4, -0.2) is 36.6 Å². The van der Waals surface area contributed by atoms with Gasteiger partial charge >= 0.3 is 0 Å². The van der Waals surface area contributed by atoms with Crippen molar-refractivity contribution in [2.75, 3.05) is 17.2 Å². The fraction of sp³-hybridized carbons (Fsp3) is 0.421. The molecule has 1 aliphatic heterocycles. The van der Waals surface area contributed by atoms with Gasteiger partial charge in [-0.25, -0.2) is 27.2 Å². The highest BCUT2D eigenvalue weighted by Crippen LogP contribution is 2.45. The zero-order valence-electron chi connectivity index (χ0n) is 15.8. The van der Waals surface area contributed by atoms with Gasteiger partial charge < -0.3 is 4.90 Å². The van der Waals surface area contributed by atoms with Crippen LogP contribution >= 0.6 is 0 Å². The van der Waals surface area contributed by atoms with Gasteiger partial charge in [0.1, 0.15) is 5.82 Å². The molecular formula is C19H21F2N3O3S. The second-order valence-corrected chi connectivity index (χ2v) is 9.30. The van der Waals surface area contributed by atoms with Gasteiger partial charge in [0, 0.05) is 30.9 Å². The Labute approximate surface area is 162 Å². The van der Waals surface area contributed by atoms with Crippen molar-refractivity contribution in [3.05, 3.63) is 47.5 Å². The fourth-order valence-electron chi connectivity index (χ4n) is 3.17. The first-order chi connectivity index (χ1) is 13.0. The zero-order chi connectivity index (χ0) is 20.7. The lowest BCUT2D eigenvalue weighted by Crippen LogP contribution is -2.37. The molecular weight excluding hydrogens is 388 g/mol. The summed E-state index contributed by atoms with van der Waals surface area (Å²) < 4.78 is 54.2. The standard InChI is InChI=1S/C19H21F2N3O3S/c1-12(2)11-24(18(25)14-9-22-13(3)23-10-14)16-6-4-5-15-17(16)28(26,27)8-7-19(15,20)21/h4-6,9-10,12H,7-8,11H2,1-3H3. The molecule has 1 aromatic heterocycles. The van der Waals surface area contributed by atoms with E-state index in [4.69, 9.17) is 0 Å². The Bertz CT molecular complexity index is 1010. The van der Waals surface area contributed by atoms with Gasteiger partial charge in [-0.05, 0) is 18.9 Å². The van der Waals surface area contributed by atoms with Crippen LogP contribution < -0.4 is 4.90 Å².